The number of hydrogen-bond donors (Lipinski definition) is 4. The van der Waals surface area contributed by atoms with E-state index in [1.807, 2.05) is 30.3 Å². The van der Waals surface area contributed by atoms with Crippen LogP contribution >= 0.6 is 0 Å². The molecule has 2 aromatic carbocycles. The molecule has 7 heteroatoms. The average molecular weight is 353 g/mol. The predicted molar refractivity (Wildman–Crippen MR) is 100 cm³/mol. The molecule has 0 aliphatic carbocycles. The van der Waals surface area contributed by atoms with Crippen LogP contribution in [0.1, 0.15) is 17.2 Å². The first kappa shape index (κ1) is 17.9. The van der Waals surface area contributed by atoms with Crippen LogP contribution < -0.4 is 11.1 Å². The van der Waals surface area contributed by atoms with E-state index in [1.54, 1.807) is 0 Å². The minimum Gasteiger partial charge on any atom is -0.386 e. The Bertz CT molecular complexity index is 820. The molecule has 134 valence electrons. The van der Waals surface area contributed by atoms with Crippen LogP contribution in [-0.2, 0) is 0 Å². The average Bonchev–Trinajstić information content (AvgIpc) is 2.67. The van der Waals surface area contributed by atoms with Crippen molar-refractivity contribution >= 4 is 17.9 Å². The van der Waals surface area contributed by atoms with Gasteiger partial charge in [0.05, 0.1) is 30.6 Å². The van der Waals surface area contributed by atoms with Gasteiger partial charge in [0.2, 0.25) is 0 Å². The molecular weight excluding hydrogens is 333 g/mol. The number of nitrogens with two attached hydrogens (primary N) is 1. The lowest BCUT2D eigenvalue weighted by molar-refractivity contribution is 0.187. The highest BCUT2D eigenvalue weighted by molar-refractivity contribution is 6.16. The van der Waals surface area contributed by atoms with Crippen LogP contribution in [0.3, 0.4) is 0 Å². The number of nitrogens with zero attached hydrogens (tertiary/aromatic N) is 2. The molecule has 3 rings (SSSR count). The van der Waals surface area contributed by atoms with Crippen molar-refractivity contribution in [3.8, 4) is 0 Å². The number of hydrogen-bond acceptors (Lipinski definition) is 5. The molecule has 1 aliphatic heterocycles. The number of aliphatic hydroxyl groups excluding tert-OH is 1. The molecule has 6 nitrogen and oxygen atoms in total. The molecule has 0 spiro atoms. The van der Waals surface area contributed by atoms with Crippen molar-refractivity contribution in [3.63, 3.8) is 0 Å². The van der Waals surface area contributed by atoms with Crippen molar-refractivity contribution in [2.24, 2.45) is 21.6 Å². The van der Waals surface area contributed by atoms with Crippen molar-refractivity contribution in [3.05, 3.63) is 71.5 Å². The van der Waals surface area contributed by atoms with E-state index < -0.39 is 18.2 Å². The van der Waals surface area contributed by atoms with E-state index in [2.05, 4.69) is 15.3 Å². The number of rotatable bonds is 5. The molecule has 3 atom stereocenters. The molecule has 0 fully saturated rings. The lowest BCUT2D eigenvalue weighted by Gasteiger charge is -2.27. The van der Waals surface area contributed by atoms with Crippen LogP contribution in [0, 0.1) is 17.1 Å². The zero-order chi connectivity index (χ0) is 18.5. The molecule has 1 heterocycles. The first-order chi connectivity index (χ1) is 12.6. The van der Waals surface area contributed by atoms with Crippen LogP contribution in [0.2, 0.25) is 0 Å². The quantitative estimate of drug-likeness (QED) is 0.616. The zero-order valence-corrected chi connectivity index (χ0v) is 14.0. The van der Waals surface area contributed by atoms with Crippen molar-refractivity contribution in [1.82, 2.24) is 5.32 Å². The van der Waals surface area contributed by atoms with Gasteiger partial charge in [-0.3, -0.25) is 9.98 Å². The fraction of sp³-hybridized carbons (Fsp3) is 0.211. The summed E-state index contributed by atoms with van der Waals surface area (Å²) in [6, 6.07) is 14.9. The molecule has 1 aliphatic rings. The van der Waals surface area contributed by atoms with Crippen LogP contribution in [0.5, 0.6) is 0 Å². The van der Waals surface area contributed by atoms with Crippen LogP contribution in [0.15, 0.2) is 64.6 Å². The van der Waals surface area contributed by atoms with E-state index in [4.69, 9.17) is 11.1 Å². The molecule has 26 heavy (non-hydrogen) atoms. The molecule has 0 saturated carbocycles. The van der Waals surface area contributed by atoms with Gasteiger partial charge in [-0.05, 0) is 23.3 Å². The lowest BCUT2D eigenvalue weighted by Crippen LogP contribution is -2.49. The molecule has 3 unspecified atom stereocenters. The first-order valence-corrected chi connectivity index (χ1v) is 8.22. The zero-order valence-electron chi connectivity index (χ0n) is 14.0. The maximum absolute atomic E-state index is 13.1. The number of halogens is 1. The third-order valence-corrected chi connectivity index (χ3v) is 4.18. The Morgan fingerprint density at radius 1 is 1.23 bits per heavy atom. The van der Waals surface area contributed by atoms with Crippen molar-refractivity contribution < 1.29 is 9.50 Å². The number of nitrogens with one attached hydrogen (secondary N) is 2. The highest BCUT2D eigenvalue weighted by Crippen LogP contribution is 2.18. The summed E-state index contributed by atoms with van der Waals surface area (Å²) in [4.78, 5) is 8.52. The number of benzene rings is 2. The predicted octanol–water partition coefficient (Wildman–Crippen LogP) is 1.86. The van der Waals surface area contributed by atoms with Gasteiger partial charge in [-0.15, -0.1) is 0 Å². The topological polar surface area (TPSA) is 107 Å². The molecule has 0 radical (unpaired) electrons. The minimum atomic E-state index is -0.763. The maximum atomic E-state index is 13.1. The van der Waals surface area contributed by atoms with E-state index in [1.165, 1.54) is 30.6 Å². The first-order valence-electron chi connectivity index (χ1n) is 8.22. The molecule has 0 aromatic heterocycles. The fourth-order valence-corrected chi connectivity index (χ4v) is 2.75. The summed E-state index contributed by atoms with van der Waals surface area (Å²) in [6.07, 6.45) is -0.00464. The minimum absolute atomic E-state index is 0.125. The van der Waals surface area contributed by atoms with Gasteiger partial charge < -0.3 is 21.6 Å². The molecule has 0 amide bonds. The van der Waals surface area contributed by atoms with Gasteiger partial charge in [0.25, 0.3) is 0 Å². The Kier molecular flexibility index (Phi) is 5.50. The SMILES string of the molecule is N=C(c1ccc(F)cc1)C1C(=NCC(O)c2ccccc2)NC=NC1N. The van der Waals surface area contributed by atoms with Gasteiger partial charge in [-0.2, -0.15) is 0 Å². The summed E-state index contributed by atoms with van der Waals surface area (Å²) < 4.78 is 13.1. The third kappa shape index (κ3) is 4.01. The Labute approximate surface area is 150 Å². The van der Waals surface area contributed by atoms with E-state index in [0.717, 1.165) is 5.56 Å². The van der Waals surface area contributed by atoms with Gasteiger partial charge in [-0.25, -0.2) is 4.39 Å². The summed E-state index contributed by atoms with van der Waals surface area (Å²) >= 11 is 0. The monoisotopic (exact) mass is 353 g/mol. The van der Waals surface area contributed by atoms with E-state index in [9.17, 15) is 9.50 Å². The number of aliphatic hydroxyl groups is 1. The molecule has 5 N–H and O–H groups in total. The van der Waals surface area contributed by atoms with Gasteiger partial charge in [0.1, 0.15) is 17.8 Å². The van der Waals surface area contributed by atoms with Gasteiger partial charge >= 0.3 is 0 Å². The number of aliphatic imine (C=N–C) groups is 2. The summed E-state index contributed by atoms with van der Waals surface area (Å²) in [6.45, 7) is 0.125. The second-order valence-electron chi connectivity index (χ2n) is 5.96. The molecule has 2 aromatic rings. The largest absolute Gasteiger partial charge is 0.386 e. The third-order valence-electron chi connectivity index (χ3n) is 4.18. The Morgan fingerprint density at radius 2 is 1.92 bits per heavy atom. The molecule has 0 saturated heterocycles. The Balaban J connectivity index is 1.81. The second-order valence-corrected chi connectivity index (χ2v) is 5.96. The van der Waals surface area contributed by atoms with Crippen LogP contribution in [-0.4, -0.2) is 35.7 Å². The normalized spacial score (nSPS) is 22.0. The molecule has 0 bridgehead atoms. The van der Waals surface area contributed by atoms with Gasteiger partial charge in [0, 0.05) is 0 Å². The Hall–Kier alpha value is -2.90. The summed E-state index contributed by atoms with van der Waals surface area (Å²) in [7, 11) is 0. The smallest absolute Gasteiger partial charge is 0.123 e. The summed E-state index contributed by atoms with van der Waals surface area (Å²) in [5.41, 5.74) is 7.55. The highest BCUT2D eigenvalue weighted by atomic mass is 19.1. The highest BCUT2D eigenvalue weighted by Gasteiger charge is 2.30. The summed E-state index contributed by atoms with van der Waals surface area (Å²) in [5, 5.41) is 21.7. The van der Waals surface area contributed by atoms with Crippen molar-refractivity contribution in [2.45, 2.75) is 12.3 Å². The van der Waals surface area contributed by atoms with E-state index in [0.29, 0.717) is 11.4 Å². The van der Waals surface area contributed by atoms with Gasteiger partial charge in [0.15, 0.2) is 0 Å². The second kappa shape index (κ2) is 7.99. The lowest BCUT2D eigenvalue weighted by atomic mass is 9.92. The van der Waals surface area contributed by atoms with Gasteiger partial charge in [-0.1, -0.05) is 42.5 Å². The van der Waals surface area contributed by atoms with Crippen molar-refractivity contribution in [2.75, 3.05) is 6.54 Å². The summed E-state index contributed by atoms with van der Waals surface area (Å²) in [5.74, 6) is -0.518. The molecular formula is C19H20FN5O. The van der Waals surface area contributed by atoms with Crippen molar-refractivity contribution in [1.29, 1.82) is 5.41 Å². The van der Waals surface area contributed by atoms with Crippen LogP contribution in [0.25, 0.3) is 0 Å². The standard InChI is InChI=1S/C19H20FN5O/c20-14-8-6-13(7-9-14)17(21)16-18(22)24-11-25-19(16)23-10-15(26)12-4-2-1-3-5-12/h1-9,11,15-16,18,21,26H,10,22H2,(H,23,24,25). The maximum Gasteiger partial charge on any atom is 0.123 e. The van der Waals surface area contributed by atoms with Crippen LogP contribution in [0.4, 0.5) is 4.39 Å². The number of amidine groups is 1. The van der Waals surface area contributed by atoms with E-state index in [-0.39, 0.29) is 18.1 Å². The fourth-order valence-electron chi connectivity index (χ4n) is 2.75. The van der Waals surface area contributed by atoms with E-state index >= 15 is 0 Å². The Morgan fingerprint density at radius 3 is 2.62 bits per heavy atom.